The molecule has 18 heavy (non-hydrogen) atoms. The van der Waals surface area contributed by atoms with Crippen LogP contribution in [0.2, 0.25) is 0 Å². The number of benzene rings is 1. The molecule has 1 saturated carbocycles. The molecule has 98 valence electrons. The van der Waals surface area contributed by atoms with Crippen molar-refractivity contribution in [2.45, 2.75) is 57.5 Å². The van der Waals surface area contributed by atoms with Crippen LogP contribution >= 0.6 is 0 Å². The highest BCUT2D eigenvalue weighted by molar-refractivity contribution is 6.02. The second-order valence-electron chi connectivity index (χ2n) is 5.37. The zero-order valence-electron chi connectivity index (χ0n) is 11.1. The summed E-state index contributed by atoms with van der Waals surface area (Å²) in [6, 6.07) is 7.74. The molecule has 2 nitrogen and oxygen atoms in total. The zero-order chi connectivity index (χ0) is 13.0. The van der Waals surface area contributed by atoms with Gasteiger partial charge in [-0.15, -0.1) is 0 Å². The predicted molar refractivity (Wildman–Crippen MR) is 72.8 cm³/mol. The van der Waals surface area contributed by atoms with E-state index in [-0.39, 0.29) is 5.78 Å². The number of rotatable bonds is 4. The highest BCUT2D eigenvalue weighted by atomic mass is 16.3. The molecule has 1 aromatic rings. The normalized spacial score (nSPS) is 18.6. The summed E-state index contributed by atoms with van der Waals surface area (Å²) in [6.07, 6.45) is 6.33. The predicted octanol–water partition coefficient (Wildman–Crippen LogP) is 3.52. The molecule has 0 atom stereocenters. The molecule has 1 aliphatic carbocycles. The smallest absolute Gasteiger partial charge is 0.194 e. The quantitative estimate of drug-likeness (QED) is 0.825. The van der Waals surface area contributed by atoms with Gasteiger partial charge in [-0.25, -0.2) is 0 Å². The summed E-state index contributed by atoms with van der Waals surface area (Å²) in [6.45, 7) is 2.13. The second-order valence-corrected chi connectivity index (χ2v) is 5.37. The van der Waals surface area contributed by atoms with Crippen LogP contribution in [-0.4, -0.2) is 16.5 Å². The van der Waals surface area contributed by atoms with Crippen LogP contribution in [-0.2, 0) is 6.42 Å². The van der Waals surface area contributed by atoms with Crippen molar-refractivity contribution < 1.29 is 9.90 Å². The first-order chi connectivity index (χ1) is 8.65. The van der Waals surface area contributed by atoms with Gasteiger partial charge in [0, 0.05) is 5.56 Å². The van der Waals surface area contributed by atoms with Crippen molar-refractivity contribution in [1.29, 1.82) is 0 Å². The Balaban J connectivity index is 2.19. The van der Waals surface area contributed by atoms with Crippen LogP contribution in [0, 0.1) is 0 Å². The summed E-state index contributed by atoms with van der Waals surface area (Å²) in [5.74, 6) is -0.0832. The van der Waals surface area contributed by atoms with Crippen LogP contribution in [0.1, 0.15) is 61.4 Å². The number of Topliss-reactive ketones (excluding diaryl/α,β-unsaturated/α-hetero) is 1. The van der Waals surface area contributed by atoms with Gasteiger partial charge in [0.1, 0.15) is 5.60 Å². The van der Waals surface area contributed by atoms with Gasteiger partial charge in [-0.2, -0.15) is 0 Å². The molecule has 0 unspecified atom stereocenters. The Labute approximate surface area is 109 Å². The van der Waals surface area contributed by atoms with Crippen LogP contribution in [0.3, 0.4) is 0 Å². The molecule has 1 aromatic carbocycles. The van der Waals surface area contributed by atoms with Crippen molar-refractivity contribution in [3.8, 4) is 0 Å². The minimum atomic E-state index is -1.11. The van der Waals surface area contributed by atoms with E-state index in [1.54, 1.807) is 0 Å². The summed E-state index contributed by atoms with van der Waals surface area (Å²) >= 11 is 0. The number of hydrogen-bond donors (Lipinski definition) is 1. The van der Waals surface area contributed by atoms with Gasteiger partial charge < -0.3 is 5.11 Å². The Kier molecular flexibility index (Phi) is 4.18. The molecule has 0 spiro atoms. The molecule has 2 rings (SSSR count). The van der Waals surface area contributed by atoms with Crippen LogP contribution in [0.5, 0.6) is 0 Å². The lowest BCUT2D eigenvalue weighted by molar-refractivity contribution is 0.0116. The van der Waals surface area contributed by atoms with E-state index in [1.807, 2.05) is 24.3 Å². The molecule has 1 fully saturated rings. The van der Waals surface area contributed by atoms with Crippen molar-refractivity contribution >= 4 is 5.78 Å². The monoisotopic (exact) mass is 246 g/mol. The van der Waals surface area contributed by atoms with E-state index in [0.29, 0.717) is 18.4 Å². The average molecular weight is 246 g/mol. The third kappa shape index (κ3) is 2.81. The Morgan fingerprint density at radius 1 is 1.28 bits per heavy atom. The summed E-state index contributed by atoms with van der Waals surface area (Å²) in [5, 5.41) is 10.5. The maximum absolute atomic E-state index is 12.4. The van der Waals surface area contributed by atoms with E-state index in [4.69, 9.17) is 0 Å². The van der Waals surface area contributed by atoms with Crippen molar-refractivity contribution in [3.63, 3.8) is 0 Å². The van der Waals surface area contributed by atoms with Crippen molar-refractivity contribution in [1.82, 2.24) is 0 Å². The van der Waals surface area contributed by atoms with E-state index >= 15 is 0 Å². The first-order valence-corrected chi connectivity index (χ1v) is 7.02. The summed E-state index contributed by atoms with van der Waals surface area (Å²) in [4.78, 5) is 12.4. The number of carbonyl (C=O) groups is 1. The summed E-state index contributed by atoms with van der Waals surface area (Å²) in [5.41, 5.74) is 0.747. The number of aliphatic hydroxyl groups is 1. The van der Waals surface area contributed by atoms with Crippen LogP contribution < -0.4 is 0 Å². The van der Waals surface area contributed by atoms with Gasteiger partial charge in [-0.3, -0.25) is 4.79 Å². The third-order valence-electron chi connectivity index (χ3n) is 3.83. The molecule has 1 N–H and O–H groups in total. The number of hydrogen-bond acceptors (Lipinski definition) is 2. The molecule has 0 heterocycles. The highest BCUT2D eigenvalue weighted by Crippen LogP contribution is 2.31. The fourth-order valence-electron chi connectivity index (χ4n) is 2.79. The molecule has 0 aromatic heterocycles. The van der Waals surface area contributed by atoms with Gasteiger partial charge >= 0.3 is 0 Å². The van der Waals surface area contributed by atoms with Gasteiger partial charge in [0.05, 0.1) is 0 Å². The minimum absolute atomic E-state index is 0.0832. The molecular weight excluding hydrogens is 224 g/mol. The third-order valence-corrected chi connectivity index (χ3v) is 3.83. The first-order valence-electron chi connectivity index (χ1n) is 7.02. The van der Waals surface area contributed by atoms with Crippen LogP contribution in [0.15, 0.2) is 24.3 Å². The molecule has 0 radical (unpaired) electrons. The Hall–Kier alpha value is -1.15. The summed E-state index contributed by atoms with van der Waals surface area (Å²) < 4.78 is 0. The topological polar surface area (TPSA) is 37.3 Å². The molecule has 2 heteroatoms. The Bertz CT molecular complexity index is 417. The minimum Gasteiger partial charge on any atom is -0.382 e. The Morgan fingerprint density at radius 2 is 2.00 bits per heavy atom. The summed E-state index contributed by atoms with van der Waals surface area (Å²) in [7, 11) is 0. The average Bonchev–Trinajstić information content (AvgIpc) is 2.39. The lowest BCUT2D eigenvalue weighted by Crippen LogP contribution is -2.40. The fraction of sp³-hybridized carbons (Fsp3) is 0.562. The highest BCUT2D eigenvalue weighted by Gasteiger charge is 2.37. The van der Waals surface area contributed by atoms with Crippen molar-refractivity contribution in [3.05, 3.63) is 35.4 Å². The molecule has 1 aliphatic rings. The molecular formula is C16H22O2. The van der Waals surface area contributed by atoms with Gasteiger partial charge in [0.25, 0.3) is 0 Å². The van der Waals surface area contributed by atoms with E-state index in [0.717, 1.165) is 32.1 Å². The van der Waals surface area contributed by atoms with E-state index in [9.17, 15) is 9.90 Å². The molecule has 0 bridgehead atoms. The largest absolute Gasteiger partial charge is 0.382 e. The maximum atomic E-state index is 12.4. The Morgan fingerprint density at radius 3 is 2.67 bits per heavy atom. The SMILES string of the molecule is CCCc1cccc(C(=O)C2(O)CCCCC2)c1. The van der Waals surface area contributed by atoms with E-state index in [1.165, 1.54) is 5.56 Å². The second kappa shape index (κ2) is 5.66. The number of carbonyl (C=O) groups excluding carboxylic acids is 1. The lowest BCUT2D eigenvalue weighted by Gasteiger charge is -2.30. The van der Waals surface area contributed by atoms with Gasteiger partial charge in [0.2, 0.25) is 0 Å². The fourth-order valence-corrected chi connectivity index (χ4v) is 2.79. The van der Waals surface area contributed by atoms with Crippen molar-refractivity contribution in [2.24, 2.45) is 0 Å². The first kappa shape index (κ1) is 13.3. The van der Waals surface area contributed by atoms with Gasteiger partial charge in [-0.1, -0.05) is 50.8 Å². The number of aryl methyl sites for hydroxylation is 1. The zero-order valence-corrected chi connectivity index (χ0v) is 11.1. The van der Waals surface area contributed by atoms with Crippen LogP contribution in [0.25, 0.3) is 0 Å². The van der Waals surface area contributed by atoms with Crippen LogP contribution in [0.4, 0.5) is 0 Å². The van der Waals surface area contributed by atoms with Gasteiger partial charge in [-0.05, 0) is 30.9 Å². The lowest BCUT2D eigenvalue weighted by atomic mass is 9.79. The molecule has 0 aliphatic heterocycles. The number of ketones is 1. The standard InChI is InChI=1S/C16H22O2/c1-2-7-13-8-6-9-14(12-13)15(17)16(18)10-4-3-5-11-16/h6,8-9,12,18H,2-5,7,10-11H2,1H3. The molecule has 0 amide bonds. The van der Waals surface area contributed by atoms with Gasteiger partial charge in [0.15, 0.2) is 5.78 Å². The molecule has 0 saturated heterocycles. The van der Waals surface area contributed by atoms with E-state index < -0.39 is 5.60 Å². The van der Waals surface area contributed by atoms with Crippen molar-refractivity contribution in [2.75, 3.05) is 0 Å². The van der Waals surface area contributed by atoms with E-state index in [2.05, 4.69) is 6.92 Å². The maximum Gasteiger partial charge on any atom is 0.194 e.